The molecule has 326 valence electrons. The molecular weight excluding hydrogens is 875 g/mol. The van der Waals surface area contributed by atoms with E-state index < -0.39 is 0 Å². The van der Waals surface area contributed by atoms with E-state index in [-0.39, 0.29) is 0 Å². The third kappa shape index (κ3) is 5.89. The minimum atomic E-state index is 0.576. The summed E-state index contributed by atoms with van der Waals surface area (Å²) in [6, 6.07) is 79.7. The van der Waals surface area contributed by atoms with Gasteiger partial charge in [0.2, 0.25) is 5.95 Å². The molecule has 0 unspecified atom stereocenters. The van der Waals surface area contributed by atoms with E-state index in [2.05, 4.69) is 197 Å². The van der Waals surface area contributed by atoms with E-state index in [0.717, 1.165) is 82.8 Å². The first-order chi connectivity index (χ1) is 34.7. The number of thiophene rings is 1. The van der Waals surface area contributed by atoms with E-state index in [0.29, 0.717) is 17.6 Å². The van der Waals surface area contributed by atoms with Crippen LogP contribution in [0.25, 0.3) is 142 Å². The van der Waals surface area contributed by atoms with E-state index in [1.54, 1.807) is 0 Å². The molecular formula is C63H37N5OS. The second-order valence-electron chi connectivity index (χ2n) is 17.9. The Morgan fingerprint density at radius 1 is 0.357 bits per heavy atom. The summed E-state index contributed by atoms with van der Waals surface area (Å²) in [7, 11) is 0. The maximum Gasteiger partial charge on any atom is 0.238 e. The molecule has 0 aliphatic rings. The molecule has 0 radical (unpaired) electrons. The number of hydrogen-bond donors (Lipinski definition) is 0. The van der Waals surface area contributed by atoms with Crippen LogP contribution in [0, 0.1) is 0 Å². The van der Waals surface area contributed by atoms with Gasteiger partial charge in [-0.05, 0) is 89.0 Å². The second kappa shape index (κ2) is 15.2. The van der Waals surface area contributed by atoms with Crippen LogP contribution in [0.3, 0.4) is 0 Å². The smallest absolute Gasteiger partial charge is 0.238 e. The van der Waals surface area contributed by atoms with E-state index >= 15 is 0 Å². The van der Waals surface area contributed by atoms with Crippen LogP contribution in [0.5, 0.6) is 0 Å². The van der Waals surface area contributed by atoms with Gasteiger partial charge in [0.15, 0.2) is 11.6 Å². The highest BCUT2D eigenvalue weighted by atomic mass is 32.1. The fourth-order valence-electron chi connectivity index (χ4n) is 10.8. The number of aromatic nitrogens is 5. The van der Waals surface area contributed by atoms with E-state index in [1.165, 1.54) is 42.0 Å². The van der Waals surface area contributed by atoms with Crippen LogP contribution in [0.2, 0.25) is 0 Å². The lowest BCUT2D eigenvalue weighted by Crippen LogP contribution is -2.06. The Morgan fingerprint density at radius 3 is 1.71 bits per heavy atom. The van der Waals surface area contributed by atoms with Crippen LogP contribution in [0.1, 0.15) is 0 Å². The predicted octanol–water partition coefficient (Wildman–Crippen LogP) is 17.0. The summed E-state index contributed by atoms with van der Waals surface area (Å²) in [5.74, 6) is 1.82. The van der Waals surface area contributed by atoms with Gasteiger partial charge < -0.3 is 8.98 Å². The van der Waals surface area contributed by atoms with Crippen LogP contribution in [-0.4, -0.2) is 24.1 Å². The van der Waals surface area contributed by atoms with Crippen molar-refractivity contribution >= 4 is 97.1 Å². The Kier molecular flexibility index (Phi) is 8.43. The summed E-state index contributed by atoms with van der Waals surface area (Å²) >= 11 is 1.82. The van der Waals surface area contributed by atoms with Gasteiger partial charge in [-0.25, -0.2) is 4.98 Å². The average Bonchev–Trinajstić information content (AvgIpc) is 4.19. The van der Waals surface area contributed by atoms with Gasteiger partial charge in [-0.15, -0.1) is 11.3 Å². The number of nitrogens with zero attached hydrogens (tertiary/aromatic N) is 5. The third-order valence-corrected chi connectivity index (χ3v) is 15.2. The van der Waals surface area contributed by atoms with Crippen molar-refractivity contribution in [2.45, 2.75) is 0 Å². The topological polar surface area (TPSA) is 61.7 Å². The Balaban J connectivity index is 0.932. The number of rotatable bonds is 6. The maximum absolute atomic E-state index is 6.63. The molecule has 0 amide bonds. The van der Waals surface area contributed by atoms with Gasteiger partial charge in [-0.1, -0.05) is 158 Å². The molecule has 6 nitrogen and oxygen atoms in total. The van der Waals surface area contributed by atoms with Crippen LogP contribution in [0.4, 0.5) is 0 Å². The molecule has 0 aliphatic carbocycles. The number of fused-ring (bicyclic) bond motifs is 13. The second-order valence-corrected chi connectivity index (χ2v) is 19.0. The Hall–Kier alpha value is -9.17. The molecule has 0 spiro atoms. The van der Waals surface area contributed by atoms with Gasteiger partial charge >= 0.3 is 0 Å². The molecule has 0 saturated carbocycles. The highest BCUT2D eigenvalue weighted by molar-refractivity contribution is 7.26. The van der Waals surface area contributed by atoms with Crippen LogP contribution >= 0.6 is 11.3 Å². The molecule has 0 atom stereocenters. The monoisotopic (exact) mass is 911 g/mol. The summed E-state index contributed by atoms with van der Waals surface area (Å²) in [4.78, 5) is 15.6. The van der Waals surface area contributed by atoms with Gasteiger partial charge in [0.25, 0.3) is 0 Å². The average molecular weight is 912 g/mol. The molecule has 15 rings (SSSR count). The Labute approximate surface area is 404 Å². The Morgan fingerprint density at radius 2 is 0.943 bits per heavy atom. The summed E-state index contributed by atoms with van der Waals surface area (Å²) in [5, 5.41) is 9.34. The van der Waals surface area contributed by atoms with Gasteiger partial charge in [0, 0.05) is 64.6 Å². The SMILES string of the molecule is c1ccc(-c2nc(-c3ccccc3)nc(-n3c4ccc(-c5ccc6oc7cccc(-c8ccc9c(c8)c8ccccc8n9-c8ccccc8)c7c6c5)cc4c4ccc5c6ccccc6sc5c43)n2)cc1. The molecule has 0 N–H and O–H groups in total. The molecule has 70 heavy (non-hydrogen) atoms. The molecule has 0 saturated heterocycles. The number of hydrogen-bond acceptors (Lipinski definition) is 5. The highest BCUT2D eigenvalue weighted by Crippen LogP contribution is 2.45. The van der Waals surface area contributed by atoms with Gasteiger partial charge in [0.1, 0.15) is 11.2 Å². The molecule has 10 aromatic carbocycles. The number of benzene rings is 10. The molecule has 7 heteroatoms. The fraction of sp³-hybridized carbons (Fsp3) is 0. The van der Waals surface area contributed by atoms with E-state index in [1.807, 2.05) is 47.7 Å². The largest absolute Gasteiger partial charge is 0.456 e. The lowest BCUT2D eigenvalue weighted by atomic mass is 9.96. The quantitative estimate of drug-likeness (QED) is 0.167. The van der Waals surface area contributed by atoms with Crippen molar-refractivity contribution in [1.82, 2.24) is 24.1 Å². The van der Waals surface area contributed by atoms with Gasteiger partial charge in [-0.2, -0.15) is 9.97 Å². The number of para-hydroxylation sites is 2. The van der Waals surface area contributed by atoms with Crippen LogP contribution in [-0.2, 0) is 0 Å². The fourth-order valence-corrected chi connectivity index (χ4v) is 12.0. The molecule has 0 fully saturated rings. The van der Waals surface area contributed by atoms with Crippen molar-refractivity contribution in [1.29, 1.82) is 0 Å². The van der Waals surface area contributed by atoms with Crippen LogP contribution < -0.4 is 0 Å². The van der Waals surface area contributed by atoms with E-state index in [9.17, 15) is 0 Å². The first-order valence-corrected chi connectivity index (χ1v) is 24.3. The summed E-state index contributed by atoms with van der Waals surface area (Å²) in [6.45, 7) is 0. The highest BCUT2D eigenvalue weighted by Gasteiger charge is 2.23. The zero-order chi connectivity index (χ0) is 45.9. The summed E-state index contributed by atoms with van der Waals surface area (Å²) in [6.07, 6.45) is 0. The molecule has 5 heterocycles. The van der Waals surface area contributed by atoms with Gasteiger partial charge in [-0.3, -0.25) is 4.57 Å². The Bertz CT molecular complexity index is 4530. The maximum atomic E-state index is 6.63. The normalized spacial score (nSPS) is 12.0. The lowest BCUT2D eigenvalue weighted by Gasteiger charge is -2.11. The molecule has 0 bridgehead atoms. The lowest BCUT2D eigenvalue weighted by molar-refractivity contribution is 0.669. The molecule has 0 aliphatic heterocycles. The van der Waals surface area contributed by atoms with Gasteiger partial charge in [0.05, 0.1) is 26.8 Å². The van der Waals surface area contributed by atoms with Crippen molar-refractivity contribution in [2.75, 3.05) is 0 Å². The first-order valence-electron chi connectivity index (χ1n) is 23.5. The first kappa shape index (κ1) is 38.9. The van der Waals surface area contributed by atoms with Crippen molar-refractivity contribution < 1.29 is 4.42 Å². The molecule has 5 aromatic heterocycles. The standard InChI is InChI=1S/C63H37N5OS/c1-4-15-38(16-5-1)61-64-62(39-17-6-2-7-18-39)66-63(65-61)68-54-32-27-40(35-50(54)47-30-31-48-46-22-11-13-26-57(46)70-60(48)59(47)68)41-29-34-55-51(36-41)58-44(23-14-25-56(58)69-55)42-28-33-53-49(37-42)45-21-10-12-24-52(45)67(53)43-19-8-3-9-20-43/h1-37H. The van der Waals surface area contributed by atoms with Crippen molar-refractivity contribution in [3.63, 3.8) is 0 Å². The zero-order valence-electron chi connectivity index (χ0n) is 37.4. The van der Waals surface area contributed by atoms with Crippen molar-refractivity contribution in [3.8, 4) is 56.7 Å². The summed E-state index contributed by atoms with van der Waals surface area (Å²) in [5.41, 5.74) is 13.7. The zero-order valence-corrected chi connectivity index (χ0v) is 38.2. The third-order valence-electron chi connectivity index (χ3n) is 14.0. The minimum absolute atomic E-state index is 0.576. The van der Waals surface area contributed by atoms with Crippen LogP contribution in [0.15, 0.2) is 229 Å². The molecule has 15 aromatic rings. The van der Waals surface area contributed by atoms with Crippen molar-refractivity contribution in [3.05, 3.63) is 224 Å². The minimum Gasteiger partial charge on any atom is -0.456 e. The summed E-state index contributed by atoms with van der Waals surface area (Å²) < 4.78 is 13.7. The van der Waals surface area contributed by atoms with Crippen molar-refractivity contribution in [2.24, 2.45) is 0 Å². The number of furan rings is 1. The van der Waals surface area contributed by atoms with E-state index in [4.69, 9.17) is 19.4 Å². The predicted molar refractivity (Wildman–Crippen MR) is 290 cm³/mol.